The molecule has 0 spiro atoms. The largest absolute Gasteiger partial charge is 0.461 e. The molecule has 428 valence electrons. The Morgan fingerprint density at radius 1 is 0.347 bits per heavy atom. The number of carbonyl (C=O) groups excluding carboxylic acids is 3. The second-order valence-electron chi connectivity index (χ2n) is 19.3. The Kier molecular flexibility index (Phi) is 59.8. The Bertz CT molecular complexity index is 1140. The highest BCUT2D eigenvalue weighted by atomic mass is 33.5. The Balaban J connectivity index is 4.84. The van der Waals surface area contributed by atoms with E-state index in [2.05, 4.69) is 51.3 Å². The van der Waals surface area contributed by atoms with Gasteiger partial charge in [-0.05, 0) is 94.6 Å². The van der Waals surface area contributed by atoms with E-state index < -0.39 is 0 Å². The lowest BCUT2D eigenvalue weighted by Gasteiger charge is -2.24. The normalized spacial score (nSPS) is 13.0. The maximum Gasteiger partial charge on any atom is 0.307 e. The van der Waals surface area contributed by atoms with Gasteiger partial charge in [-0.3, -0.25) is 14.4 Å². The van der Waals surface area contributed by atoms with Crippen LogP contribution < -0.4 is 0 Å². The molecule has 3 atom stereocenters. The van der Waals surface area contributed by atoms with Crippen LogP contribution in [0.2, 0.25) is 0 Å². The molecule has 0 aromatic carbocycles. The fourth-order valence-electron chi connectivity index (χ4n) is 7.63. The third kappa shape index (κ3) is 52.2. The minimum atomic E-state index is -0.178. The number of nitrogens with zero attached hydrogens (tertiary/aromatic N) is 2. The van der Waals surface area contributed by atoms with E-state index in [-0.39, 0.29) is 49.1 Å². The second kappa shape index (κ2) is 58.6. The maximum atomic E-state index is 13.2. The molecular formula is C55H108N2O6S9. The zero-order valence-corrected chi connectivity index (χ0v) is 54.3. The summed E-state index contributed by atoms with van der Waals surface area (Å²) in [6.45, 7) is 16.3. The summed E-state index contributed by atoms with van der Waals surface area (Å²) >= 11 is 0. The first-order valence-electron chi connectivity index (χ1n) is 28.9. The molecule has 0 radical (unpaired) electrons. The molecule has 17 heteroatoms. The molecule has 8 nitrogen and oxygen atoms in total. The third-order valence-electron chi connectivity index (χ3n) is 12.5. The van der Waals surface area contributed by atoms with E-state index in [0.29, 0.717) is 26.1 Å². The summed E-state index contributed by atoms with van der Waals surface area (Å²) in [5.41, 5.74) is 0. The predicted octanol–water partition coefficient (Wildman–Crippen LogP) is 19.3. The number of esters is 3. The van der Waals surface area contributed by atoms with E-state index in [1.165, 1.54) is 171 Å². The van der Waals surface area contributed by atoms with Crippen LogP contribution >= 0.6 is 94.2 Å². The minimum Gasteiger partial charge on any atom is -0.461 e. The van der Waals surface area contributed by atoms with Crippen LogP contribution in [0.25, 0.3) is 0 Å². The molecular weight excluding hydrogens is 1070 g/mol. The molecule has 0 saturated carbocycles. The van der Waals surface area contributed by atoms with Crippen LogP contribution in [-0.4, -0.2) is 120 Å². The molecule has 0 aliphatic rings. The highest BCUT2D eigenvalue weighted by Crippen LogP contribution is 2.38. The summed E-state index contributed by atoms with van der Waals surface area (Å²) in [7, 11) is 18.7. The van der Waals surface area contributed by atoms with Gasteiger partial charge in [-0.15, -0.1) is 0 Å². The van der Waals surface area contributed by atoms with Crippen molar-refractivity contribution in [3.8, 4) is 0 Å². The Hall–Kier alpha value is 1.48. The lowest BCUT2D eigenvalue weighted by molar-refractivity contribution is -0.149. The molecule has 0 rings (SSSR count). The van der Waals surface area contributed by atoms with Gasteiger partial charge in [0, 0.05) is 54.2 Å². The molecule has 0 aromatic heterocycles. The molecule has 0 aliphatic heterocycles. The van der Waals surface area contributed by atoms with Crippen LogP contribution in [-0.2, 0) is 28.6 Å². The van der Waals surface area contributed by atoms with Gasteiger partial charge in [-0.25, -0.2) is 0 Å². The van der Waals surface area contributed by atoms with Crippen molar-refractivity contribution in [2.75, 3.05) is 74.3 Å². The van der Waals surface area contributed by atoms with Crippen molar-refractivity contribution in [3.63, 3.8) is 0 Å². The van der Waals surface area contributed by atoms with Crippen LogP contribution in [0.4, 0.5) is 0 Å². The summed E-state index contributed by atoms with van der Waals surface area (Å²) in [6.07, 6.45) is 36.2. The number of ether oxygens (including phenoxy) is 3. The number of rotatable bonds is 58. The molecule has 72 heavy (non-hydrogen) atoms. The first kappa shape index (κ1) is 73.5. The van der Waals surface area contributed by atoms with E-state index in [1.54, 1.807) is 32.4 Å². The first-order chi connectivity index (χ1) is 35.2. The van der Waals surface area contributed by atoms with Gasteiger partial charge in [0.1, 0.15) is 18.3 Å². The van der Waals surface area contributed by atoms with Gasteiger partial charge in [0.15, 0.2) is 0 Å². The zero-order chi connectivity index (χ0) is 52.8. The smallest absolute Gasteiger partial charge is 0.307 e. The number of hydrogen-bond donors (Lipinski definition) is 0. The molecule has 0 fully saturated rings. The van der Waals surface area contributed by atoms with Crippen molar-refractivity contribution in [1.29, 1.82) is 0 Å². The second-order valence-corrected chi connectivity index (χ2v) is 32.4. The van der Waals surface area contributed by atoms with Crippen LogP contribution in [0.5, 0.6) is 0 Å². The standard InChI is InChI=1S/C55H108N2O6S9/c1-8-14-17-20-23-26-29-32-44-64-70-67-47-50(11-4)61-53(58)36-41-56(7)39-35-40-57(42-37-54(59)62-51(12-5)48-68-71-65-45-33-30-27-24-21-18-15-9-2)43-38-55(60)63-52(13-6)49-69-72-66-46-34-31-28-25-22-19-16-10-3/h50-52H,8-49H2,1-7H3. The van der Waals surface area contributed by atoms with Crippen molar-refractivity contribution in [2.45, 2.75) is 259 Å². The van der Waals surface area contributed by atoms with Gasteiger partial charge in [0.05, 0.1) is 19.3 Å². The molecule has 0 bridgehead atoms. The van der Waals surface area contributed by atoms with Gasteiger partial charge in [0.2, 0.25) is 0 Å². The van der Waals surface area contributed by atoms with Crippen LogP contribution in [0.3, 0.4) is 0 Å². The van der Waals surface area contributed by atoms with E-state index >= 15 is 0 Å². The molecule has 0 aliphatic carbocycles. The van der Waals surface area contributed by atoms with E-state index in [9.17, 15) is 14.4 Å². The molecule has 0 aromatic rings. The monoisotopic (exact) mass is 1180 g/mol. The van der Waals surface area contributed by atoms with Crippen molar-refractivity contribution >= 4 is 112 Å². The van der Waals surface area contributed by atoms with Gasteiger partial charge in [-0.2, -0.15) is 0 Å². The maximum absolute atomic E-state index is 13.2. The SMILES string of the molecule is CCCCCCCCCCSSSCC(CC)OC(=O)CCN(C)CCCN(CCC(=O)OC(CC)CSSSCCCCCCCCCC)CCC(=O)OC(CC)CSSSCCCCCCCCCC. The van der Waals surface area contributed by atoms with Crippen LogP contribution in [0.1, 0.15) is 241 Å². The van der Waals surface area contributed by atoms with Gasteiger partial charge >= 0.3 is 17.9 Å². The topological polar surface area (TPSA) is 85.4 Å². The molecule has 0 heterocycles. The van der Waals surface area contributed by atoms with Crippen molar-refractivity contribution in [3.05, 3.63) is 0 Å². The third-order valence-corrected chi connectivity index (χ3v) is 25.7. The molecule has 0 saturated heterocycles. The minimum absolute atomic E-state index is 0.0618. The summed E-state index contributed by atoms with van der Waals surface area (Å²) in [4.78, 5) is 43.6. The van der Waals surface area contributed by atoms with Gasteiger partial charge in [0.25, 0.3) is 0 Å². The molecule has 0 amide bonds. The fraction of sp³-hybridized carbons (Fsp3) is 0.945. The Labute approximate surface area is 479 Å². The fourth-order valence-corrected chi connectivity index (χ4v) is 19.9. The first-order valence-corrected chi connectivity index (χ1v) is 40.4. The summed E-state index contributed by atoms with van der Waals surface area (Å²) in [5.74, 6) is 5.42. The van der Waals surface area contributed by atoms with E-state index in [4.69, 9.17) is 14.2 Å². The number of carbonyl (C=O) groups is 3. The van der Waals surface area contributed by atoms with Crippen molar-refractivity contribution < 1.29 is 28.6 Å². The average Bonchev–Trinajstić information content (AvgIpc) is 3.38. The van der Waals surface area contributed by atoms with Gasteiger partial charge in [-0.1, -0.05) is 241 Å². The van der Waals surface area contributed by atoms with E-state index in [0.717, 1.165) is 56.0 Å². The van der Waals surface area contributed by atoms with Crippen molar-refractivity contribution in [1.82, 2.24) is 9.80 Å². The highest BCUT2D eigenvalue weighted by molar-refractivity contribution is 9.10. The lowest BCUT2D eigenvalue weighted by Crippen LogP contribution is -2.34. The Morgan fingerprint density at radius 3 is 0.944 bits per heavy atom. The van der Waals surface area contributed by atoms with Crippen molar-refractivity contribution in [2.24, 2.45) is 0 Å². The molecule has 0 N–H and O–H groups in total. The number of unbranched alkanes of at least 4 members (excludes halogenated alkanes) is 21. The Morgan fingerprint density at radius 2 is 0.639 bits per heavy atom. The molecule has 3 unspecified atom stereocenters. The lowest BCUT2D eigenvalue weighted by atomic mass is 10.1. The van der Waals surface area contributed by atoms with E-state index in [1.807, 2.05) is 68.9 Å². The van der Waals surface area contributed by atoms with Crippen LogP contribution in [0, 0.1) is 0 Å². The quantitative estimate of drug-likeness (QED) is 0.0250. The summed E-state index contributed by atoms with van der Waals surface area (Å²) in [6, 6.07) is 0. The van der Waals surface area contributed by atoms with Gasteiger partial charge < -0.3 is 24.0 Å². The summed E-state index contributed by atoms with van der Waals surface area (Å²) in [5, 5.41) is 0. The average molecular weight is 1180 g/mol. The zero-order valence-electron chi connectivity index (χ0n) is 46.9. The predicted molar refractivity (Wildman–Crippen MR) is 338 cm³/mol. The number of hydrogen-bond acceptors (Lipinski definition) is 17. The highest BCUT2D eigenvalue weighted by Gasteiger charge is 2.19. The van der Waals surface area contributed by atoms with Crippen LogP contribution in [0.15, 0.2) is 0 Å². The summed E-state index contributed by atoms with van der Waals surface area (Å²) < 4.78 is 17.8.